The van der Waals surface area contributed by atoms with Gasteiger partial charge >= 0.3 is 5.97 Å². The van der Waals surface area contributed by atoms with Gasteiger partial charge in [0.05, 0.1) is 19.6 Å². The Morgan fingerprint density at radius 3 is 2.93 bits per heavy atom. The summed E-state index contributed by atoms with van der Waals surface area (Å²) in [6, 6.07) is 12.4. The second-order valence-electron chi connectivity index (χ2n) is 7.20. The predicted octanol–water partition coefficient (Wildman–Crippen LogP) is 5.05. The quantitative estimate of drug-likeness (QED) is 0.515. The number of carbonyl (C=O) groups is 1. The molecule has 0 spiro atoms. The molecule has 156 valence electrons. The normalized spacial score (nSPS) is 15.6. The molecule has 1 atom stereocenters. The summed E-state index contributed by atoms with van der Waals surface area (Å²) in [4.78, 5) is 13.9. The lowest BCUT2D eigenvalue weighted by atomic mass is 9.99. The Bertz CT molecular complexity index is 855. The molecule has 0 saturated heterocycles. The van der Waals surface area contributed by atoms with E-state index in [2.05, 4.69) is 39.9 Å². The van der Waals surface area contributed by atoms with Crippen LogP contribution in [-0.4, -0.2) is 37.7 Å². The van der Waals surface area contributed by atoms with Gasteiger partial charge in [0.1, 0.15) is 18.1 Å². The van der Waals surface area contributed by atoms with Crippen LogP contribution in [0, 0.1) is 6.92 Å². The number of rotatable bonds is 8. The molecule has 0 fully saturated rings. The Morgan fingerprint density at radius 1 is 1.31 bits per heavy atom. The summed E-state index contributed by atoms with van der Waals surface area (Å²) < 4.78 is 18.0. The van der Waals surface area contributed by atoms with Gasteiger partial charge in [-0.2, -0.15) is 0 Å². The molecule has 0 amide bonds. The molecule has 0 N–H and O–H groups in total. The number of benzene rings is 2. The molecule has 2 aromatic carbocycles. The van der Waals surface area contributed by atoms with Crippen molar-refractivity contribution in [2.75, 3.05) is 26.8 Å². The molecule has 0 radical (unpaired) electrons. The van der Waals surface area contributed by atoms with Crippen LogP contribution in [0.3, 0.4) is 0 Å². The van der Waals surface area contributed by atoms with Crippen LogP contribution in [-0.2, 0) is 16.1 Å². The number of fused-ring (bicyclic) bond motifs is 1. The molecule has 0 bridgehead atoms. The summed E-state index contributed by atoms with van der Waals surface area (Å²) >= 11 is 3.56. The van der Waals surface area contributed by atoms with Crippen molar-refractivity contribution < 1.29 is 19.0 Å². The fourth-order valence-corrected chi connectivity index (χ4v) is 3.93. The summed E-state index contributed by atoms with van der Waals surface area (Å²) in [6.07, 6.45) is 1.29. The fraction of sp³-hybridized carbons (Fsp3) is 0.435. The van der Waals surface area contributed by atoms with Crippen molar-refractivity contribution in [1.29, 1.82) is 0 Å². The van der Waals surface area contributed by atoms with E-state index >= 15 is 0 Å². The summed E-state index contributed by atoms with van der Waals surface area (Å²) in [7, 11) is 2.04. The van der Waals surface area contributed by atoms with Crippen LogP contribution in [0.1, 0.15) is 42.5 Å². The summed E-state index contributed by atoms with van der Waals surface area (Å²) in [6.45, 7) is 6.14. The average Bonchev–Trinajstić information content (AvgIpc) is 2.72. The Balaban J connectivity index is 1.65. The SMILES string of the molecule is CCOC(=O)CCN(C)C1CCOc2cc(OCc3cccc(Br)c3C)ccc21. The third-order valence-electron chi connectivity index (χ3n) is 5.27. The van der Waals surface area contributed by atoms with Gasteiger partial charge in [0.15, 0.2) is 0 Å². The molecule has 1 heterocycles. The summed E-state index contributed by atoms with van der Waals surface area (Å²) in [5.41, 5.74) is 3.47. The smallest absolute Gasteiger partial charge is 0.307 e. The molecule has 1 aliphatic heterocycles. The first kappa shape index (κ1) is 21.7. The zero-order chi connectivity index (χ0) is 20.8. The van der Waals surface area contributed by atoms with E-state index in [4.69, 9.17) is 14.2 Å². The zero-order valence-corrected chi connectivity index (χ0v) is 18.8. The lowest BCUT2D eigenvalue weighted by Crippen LogP contribution is -2.31. The van der Waals surface area contributed by atoms with Gasteiger partial charge in [0.25, 0.3) is 0 Å². The maximum atomic E-state index is 11.7. The number of ether oxygens (including phenoxy) is 3. The predicted molar refractivity (Wildman–Crippen MR) is 116 cm³/mol. The van der Waals surface area contributed by atoms with Crippen molar-refractivity contribution >= 4 is 21.9 Å². The Hall–Kier alpha value is -2.05. The van der Waals surface area contributed by atoms with Crippen molar-refractivity contribution in [2.45, 2.75) is 39.3 Å². The Labute approximate surface area is 181 Å². The standard InChI is InChI=1S/C23H28BrNO4/c1-4-27-23(26)10-12-25(3)21-11-13-28-22-14-18(8-9-19(21)22)29-15-17-6-5-7-20(24)16(17)2/h5-9,14,21H,4,10-13,15H2,1-3H3. The molecular weight excluding hydrogens is 434 g/mol. The molecule has 5 nitrogen and oxygen atoms in total. The maximum absolute atomic E-state index is 11.7. The Kier molecular flexibility index (Phi) is 7.56. The number of nitrogens with zero attached hydrogens (tertiary/aromatic N) is 1. The molecule has 3 rings (SSSR count). The van der Waals surface area contributed by atoms with Crippen LogP contribution in [0.5, 0.6) is 11.5 Å². The molecule has 0 aliphatic carbocycles. The van der Waals surface area contributed by atoms with Gasteiger partial charge in [0.2, 0.25) is 0 Å². The third kappa shape index (κ3) is 5.52. The first-order chi connectivity index (χ1) is 14.0. The number of hydrogen-bond donors (Lipinski definition) is 0. The lowest BCUT2D eigenvalue weighted by Gasteiger charge is -2.33. The van der Waals surface area contributed by atoms with Gasteiger partial charge < -0.3 is 14.2 Å². The molecule has 6 heteroatoms. The summed E-state index contributed by atoms with van der Waals surface area (Å²) in [5.74, 6) is 1.49. The van der Waals surface area contributed by atoms with Crippen molar-refractivity contribution in [3.8, 4) is 11.5 Å². The monoisotopic (exact) mass is 461 g/mol. The number of hydrogen-bond acceptors (Lipinski definition) is 5. The largest absolute Gasteiger partial charge is 0.493 e. The van der Waals surface area contributed by atoms with E-state index in [-0.39, 0.29) is 12.0 Å². The van der Waals surface area contributed by atoms with Crippen LogP contribution in [0.15, 0.2) is 40.9 Å². The van der Waals surface area contributed by atoms with Crippen LogP contribution < -0.4 is 9.47 Å². The number of carbonyl (C=O) groups excluding carboxylic acids is 1. The van der Waals surface area contributed by atoms with Crippen LogP contribution in [0.4, 0.5) is 0 Å². The Morgan fingerprint density at radius 2 is 2.14 bits per heavy atom. The second kappa shape index (κ2) is 10.1. The van der Waals surface area contributed by atoms with Gasteiger partial charge in [-0.3, -0.25) is 9.69 Å². The highest BCUT2D eigenvalue weighted by Gasteiger charge is 2.25. The number of halogens is 1. The highest BCUT2D eigenvalue weighted by atomic mass is 79.9. The minimum atomic E-state index is -0.154. The van der Waals surface area contributed by atoms with Crippen LogP contribution >= 0.6 is 15.9 Å². The molecule has 1 aliphatic rings. The average molecular weight is 462 g/mol. The van der Waals surface area contributed by atoms with Crippen molar-refractivity contribution in [3.05, 3.63) is 57.6 Å². The van der Waals surface area contributed by atoms with E-state index in [9.17, 15) is 4.79 Å². The lowest BCUT2D eigenvalue weighted by molar-refractivity contribution is -0.143. The van der Waals surface area contributed by atoms with Crippen molar-refractivity contribution in [1.82, 2.24) is 4.90 Å². The van der Waals surface area contributed by atoms with E-state index in [0.717, 1.165) is 33.5 Å². The first-order valence-electron chi connectivity index (χ1n) is 9.99. The van der Waals surface area contributed by atoms with Gasteiger partial charge in [0, 0.05) is 35.1 Å². The maximum Gasteiger partial charge on any atom is 0.307 e. The third-order valence-corrected chi connectivity index (χ3v) is 6.13. The van der Waals surface area contributed by atoms with Gasteiger partial charge in [-0.1, -0.05) is 34.1 Å². The summed E-state index contributed by atoms with van der Waals surface area (Å²) in [5, 5.41) is 0. The van der Waals surface area contributed by atoms with Gasteiger partial charge in [-0.05, 0) is 44.2 Å². The molecule has 0 aromatic heterocycles. The van der Waals surface area contributed by atoms with Gasteiger partial charge in [-0.25, -0.2) is 0 Å². The zero-order valence-electron chi connectivity index (χ0n) is 17.2. The number of esters is 1. The molecular formula is C23H28BrNO4. The second-order valence-corrected chi connectivity index (χ2v) is 8.06. The highest BCUT2D eigenvalue weighted by molar-refractivity contribution is 9.10. The van der Waals surface area contributed by atoms with E-state index in [0.29, 0.717) is 32.8 Å². The minimum Gasteiger partial charge on any atom is -0.493 e. The van der Waals surface area contributed by atoms with Gasteiger partial charge in [-0.15, -0.1) is 0 Å². The van der Waals surface area contributed by atoms with E-state index in [1.807, 2.05) is 38.2 Å². The van der Waals surface area contributed by atoms with Crippen molar-refractivity contribution in [2.24, 2.45) is 0 Å². The van der Waals surface area contributed by atoms with E-state index in [1.165, 1.54) is 5.56 Å². The minimum absolute atomic E-state index is 0.154. The molecule has 29 heavy (non-hydrogen) atoms. The fourth-order valence-electron chi connectivity index (χ4n) is 3.52. The van der Waals surface area contributed by atoms with Crippen molar-refractivity contribution in [3.63, 3.8) is 0 Å². The molecule has 1 unspecified atom stereocenters. The topological polar surface area (TPSA) is 48.0 Å². The highest BCUT2D eigenvalue weighted by Crippen LogP contribution is 2.38. The van der Waals surface area contributed by atoms with E-state index in [1.54, 1.807) is 0 Å². The molecule has 2 aromatic rings. The van der Waals surface area contributed by atoms with E-state index < -0.39 is 0 Å². The van der Waals surface area contributed by atoms with Crippen LogP contribution in [0.2, 0.25) is 0 Å². The van der Waals surface area contributed by atoms with Crippen LogP contribution in [0.25, 0.3) is 0 Å². The molecule has 0 saturated carbocycles. The first-order valence-corrected chi connectivity index (χ1v) is 10.8.